The molecule has 0 saturated heterocycles. The van der Waals surface area contributed by atoms with Gasteiger partial charge in [-0.2, -0.15) is 0 Å². The van der Waals surface area contributed by atoms with Crippen LogP contribution in [0.25, 0.3) is 5.69 Å². The molecule has 0 saturated carbocycles. The van der Waals surface area contributed by atoms with Gasteiger partial charge in [-0.05, 0) is 12.1 Å². The predicted molar refractivity (Wildman–Crippen MR) is 71.7 cm³/mol. The van der Waals surface area contributed by atoms with Crippen molar-refractivity contribution >= 4 is 11.8 Å². The summed E-state index contributed by atoms with van der Waals surface area (Å²) in [5, 5.41) is 10.0. The Morgan fingerprint density at radius 2 is 1.88 bits per heavy atom. The normalized spacial score (nSPS) is 11.1. The molecule has 0 atom stereocenters. The van der Waals surface area contributed by atoms with Gasteiger partial charge in [-0.15, -0.1) is 10.2 Å². The van der Waals surface area contributed by atoms with Crippen molar-refractivity contribution in [1.82, 2.24) is 14.8 Å². The van der Waals surface area contributed by atoms with Gasteiger partial charge in [-0.3, -0.25) is 4.57 Å². The van der Waals surface area contributed by atoms with Gasteiger partial charge >= 0.3 is 0 Å². The van der Waals surface area contributed by atoms with Crippen molar-refractivity contribution in [3.8, 4) is 5.69 Å². The standard InChI is InChI=1S/C13H17N3S/c1-4-12-14-15-13(17-10(2)3)16(12)11-8-6-5-7-9-11/h5-10H,4H2,1-3H3. The molecule has 0 N–H and O–H groups in total. The zero-order chi connectivity index (χ0) is 12.3. The highest BCUT2D eigenvalue weighted by molar-refractivity contribution is 7.99. The number of aromatic nitrogens is 3. The van der Waals surface area contributed by atoms with Crippen LogP contribution in [0.3, 0.4) is 0 Å². The second kappa shape index (κ2) is 5.36. The highest BCUT2D eigenvalue weighted by atomic mass is 32.2. The van der Waals surface area contributed by atoms with Crippen molar-refractivity contribution in [1.29, 1.82) is 0 Å². The van der Waals surface area contributed by atoms with Gasteiger partial charge in [-0.1, -0.05) is 50.7 Å². The molecule has 1 heterocycles. The number of thioether (sulfide) groups is 1. The fourth-order valence-corrected chi connectivity index (χ4v) is 2.48. The molecular formula is C13H17N3S. The van der Waals surface area contributed by atoms with Crippen LogP contribution in [-0.2, 0) is 6.42 Å². The molecule has 0 radical (unpaired) electrons. The van der Waals surface area contributed by atoms with Crippen LogP contribution in [0.5, 0.6) is 0 Å². The smallest absolute Gasteiger partial charge is 0.196 e. The lowest BCUT2D eigenvalue weighted by Crippen LogP contribution is -2.02. The largest absolute Gasteiger partial charge is 0.274 e. The molecule has 17 heavy (non-hydrogen) atoms. The molecule has 90 valence electrons. The average Bonchev–Trinajstić information content (AvgIpc) is 2.72. The molecule has 0 aliphatic carbocycles. The highest BCUT2D eigenvalue weighted by Crippen LogP contribution is 2.25. The van der Waals surface area contributed by atoms with E-state index in [0.29, 0.717) is 5.25 Å². The summed E-state index contributed by atoms with van der Waals surface area (Å²) in [4.78, 5) is 0. The fourth-order valence-electron chi connectivity index (χ4n) is 1.65. The van der Waals surface area contributed by atoms with E-state index in [0.717, 1.165) is 23.1 Å². The summed E-state index contributed by atoms with van der Waals surface area (Å²) in [5.41, 5.74) is 1.14. The summed E-state index contributed by atoms with van der Waals surface area (Å²) in [6, 6.07) is 10.3. The Labute approximate surface area is 106 Å². The summed E-state index contributed by atoms with van der Waals surface area (Å²) in [6.07, 6.45) is 0.889. The summed E-state index contributed by atoms with van der Waals surface area (Å²) < 4.78 is 2.14. The van der Waals surface area contributed by atoms with Gasteiger partial charge in [0.2, 0.25) is 0 Å². The summed E-state index contributed by atoms with van der Waals surface area (Å²) >= 11 is 1.75. The van der Waals surface area contributed by atoms with Crippen molar-refractivity contribution in [2.45, 2.75) is 37.6 Å². The Kier molecular flexibility index (Phi) is 3.84. The molecule has 2 aromatic rings. The van der Waals surface area contributed by atoms with E-state index in [-0.39, 0.29) is 0 Å². The third kappa shape index (κ3) is 2.69. The second-order valence-electron chi connectivity index (χ2n) is 4.09. The van der Waals surface area contributed by atoms with Crippen molar-refractivity contribution in [3.05, 3.63) is 36.2 Å². The van der Waals surface area contributed by atoms with Gasteiger partial charge in [0.05, 0.1) is 0 Å². The Bertz CT molecular complexity index is 477. The first-order valence-electron chi connectivity index (χ1n) is 5.88. The van der Waals surface area contributed by atoms with Crippen LogP contribution in [0.15, 0.2) is 35.5 Å². The third-order valence-corrected chi connectivity index (χ3v) is 3.32. The Morgan fingerprint density at radius 1 is 1.18 bits per heavy atom. The number of hydrogen-bond donors (Lipinski definition) is 0. The van der Waals surface area contributed by atoms with E-state index < -0.39 is 0 Å². The summed E-state index contributed by atoms with van der Waals surface area (Å²) in [6.45, 7) is 6.44. The van der Waals surface area contributed by atoms with Gasteiger partial charge in [0.25, 0.3) is 0 Å². The lowest BCUT2D eigenvalue weighted by molar-refractivity contribution is 0.833. The first-order chi connectivity index (χ1) is 8.22. The molecule has 0 spiro atoms. The minimum atomic E-state index is 0.506. The van der Waals surface area contributed by atoms with E-state index in [9.17, 15) is 0 Å². The minimum absolute atomic E-state index is 0.506. The quantitative estimate of drug-likeness (QED) is 0.776. The van der Waals surface area contributed by atoms with Gasteiger partial charge in [0.15, 0.2) is 5.16 Å². The Hall–Kier alpha value is -1.29. The van der Waals surface area contributed by atoms with E-state index in [4.69, 9.17) is 0 Å². The first kappa shape index (κ1) is 12.2. The molecule has 1 aromatic carbocycles. The zero-order valence-corrected chi connectivity index (χ0v) is 11.2. The SMILES string of the molecule is CCc1nnc(SC(C)C)n1-c1ccccc1. The summed E-state index contributed by atoms with van der Waals surface area (Å²) in [5.74, 6) is 1.01. The van der Waals surface area contributed by atoms with Crippen LogP contribution in [0.1, 0.15) is 26.6 Å². The minimum Gasteiger partial charge on any atom is -0.274 e. The number of aryl methyl sites for hydroxylation is 1. The van der Waals surface area contributed by atoms with Crippen molar-refractivity contribution < 1.29 is 0 Å². The molecule has 0 amide bonds. The zero-order valence-electron chi connectivity index (χ0n) is 10.4. The Balaban J connectivity index is 2.46. The molecule has 1 aromatic heterocycles. The number of para-hydroxylation sites is 1. The lowest BCUT2D eigenvalue weighted by atomic mass is 10.3. The molecule has 2 rings (SSSR count). The maximum absolute atomic E-state index is 4.28. The molecule has 0 unspecified atom stereocenters. The molecule has 0 fully saturated rings. The third-order valence-electron chi connectivity index (χ3n) is 2.37. The van der Waals surface area contributed by atoms with Crippen LogP contribution in [0.2, 0.25) is 0 Å². The number of benzene rings is 1. The van der Waals surface area contributed by atoms with E-state index >= 15 is 0 Å². The van der Waals surface area contributed by atoms with E-state index in [2.05, 4.69) is 47.7 Å². The molecule has 3 nitrogen and oxygen atoms in total. The molecule has 0 aliphatic heterocycles. The lowest BCUT2D eigenvalue weighted by Gasteiger charge is -2.10. The maximum atomic E-state index is 4.28. The number of nitrogens with zero attached hydrogens (tertiary/aromatic N) is 3. The van der Waals surface area contributed by atoms with E-state index in [1.807, 2.05) is 18.2 Å². The van der Waals surface area contributed by atoms with Gasteiger partial charge in [0.1, 0.15) is 5.82 Å². The van der Waals surface area contributed by atoms with Gasteiger partial charge < -0.3 is 0 Å². The van der Waals surface area contributed by atoms with E-state index in [1.165, 1.54) is 0 Å². The Morgan fingerprint density at radius 3 is 2.47 bits per heavy atom. The first-order valence-corrected chi connectivity index (χ1v) is 6.76. The van der Waals surface area contributed by atoms with Crippen molar-refractivity contribution in [3.63, 3.8) is 0 Å². The molecular weight excluding hydrogens is 230 g/mol. The van der Waals surface area contributed by atoms with Crippen molar-refractivity contribution in [2.24, 2.45) is 0 Å². The van der Waals surface area contributed by atoms with Crippen molar-refractivity contribution in [2.75, 3.05) is 0 Å². The van der Waals surface area contributed by atoms with E-state index in [1.54, 1.807) is 11.8 Å². The highest BCUT2D eigenvalue weighted by Gasteiger charge is 2.13. The molecule has 0 bridgehead atoms. The van der Waals surface area contributed by atoms with Crippen LogP contribution >= 0.6 is 11.8 Å². The monoisotopic (exact) mass is 247 g/mol. The maximum Gasteiger partial charge on any atom is 0.196 e. The number of hydrogen-bond acceptors (Lipinski definition) is 3. The summed E-state index contributed by atoms with van der Waals surface area (Å²) in [7, 11) is 0. The van der Waals surface area contributed by atoms with Crippen LogP contribution in [0.4, 0.5) is 0 Å². The predicted octanol–water partition coefficient (Wildman–Crippen LogP) is 3.33. The fraction of sp³-hybridized carbons (Fsp3) is 0.385. The number of rotatable bonds is 4. The van der Waals surface area contributed by atoms with Crippen LogP contribution in [-0.4, -0.2) is 20.0 Å². The topological polar surface area (TPSA) is 30.7 Å². The average molecular weight is 247 g/mol. The van der Waals surface area contributed by atoms with Gasteiger partial charge in [-0.25, -0.2) is 0 Å². The van der Waals surface area contributed by atoms with Crippen LogP contribution < -0.4 is 0 Å². The second-order valence-corrected chi connectivity index (χ2v) is 5.63. The van der Waals surface area contributed by atoms with Gasteiger partial charge in [0, 0.05) is 17.4 Å². The molecule has 0 aliphatic rings. The van der Waals surface area contributed by atoms with Crippen LogP contribution in [0, 0.1) is 0 Å². The molecule has 4 heteroatoms.